The van der Waals surface area contributed by atoms with Gasteiger partial charge in [-0.2, -0.15) is 0 Å². The van der Waals surface area contributed by atoms with E-state index in [0.717, 1.165) is 31.6 Å². The normalized spacial score (nSPS) is 19.4. The molecular formula is C18H28FNO. The summed E-state index contributed by atoms with van der Waals surface area (Å²) in [5.41, 5.74) is 1.71. The average Bonchev–Trinajstić information content (AvgIpc) is 2.49. The van der Waals surface area contributed by atoms with E-state index in [1.54, 1.807) is 6.07 Å². The fourth-order valence-corrected chi connectivity index (χ4v) is 3.61. The first-order chi connectivity index (χ1) is 10.1. The van der Waals surface area contributed by atoms with Crippen LogP contribution < -0.4 is 5.32 Å². The molecule has 1 aliphatic carbocycles. The second kappa shape index (κ2) is 7.37. The molecule has 1 N–H and O–H groups in total. The van der Waals surface area contributed by atoms with Crippen molar-refractivity contribution in [3.8, 4) is 0 Å². The molecule has 1 aromatic rings. The molecular weight excluding hydrogens is 265 g/mol. The third-order valence-corrected chi connectivity index (χ3v) is 4.58. The fraction of sp³-hybridized carbons (Fsp3) is 0.667. The van der Waals surface area contributed by atoms with Crippen molar-refractivity contribution < 1.29 is 9.13 Å². The number of halogens is 1. The van der Waals surface area contributed by atoms with Crippen LogP contribution in [-0.4, -0.2) is 18.8 Å². The lowest BCUT2D eigenvalue weighted by Gasteiger charge is -2.44. The molecule has 1 unspecified atom stereocenters. The van der Waals surface area contributed by atoms with E-state index in [9.17, 15) is 4.39 Å². The zero-order chi connectivity index (χ0) is 15.3. The molecule has 0 heterocycles. The monoisotopic (exact) mass is 293 g/mol. The summed E-state index contributed by atoms with van der Waals surface area (Å²) in [7, 11) is 0. The zero-order valence-electron chi connectivity index (χ0n) is 13.5. The van der Waals surface area contributed by atoms with E-state index in [2.05, 4.69) is 19.2 Å². The van der Waals surface area contributed by atoms with Gasteiger partial charge in [-0.25, -0.2) is 4.39 Å². The predicted octanol–water partition coefficient (Wildman–Crippen LogP) is 4.52. The van der Waals surface area contributed by atoms with Gasteiger partial charge in [0.25, 0.3) is 0 Å². The third kappa shape index (κ3) is 3.64. The van der Waals surface area contributed by atoms with Gasteiger partial charge in [-0.1, -0.05) is 38.3 Å². The molecule has 118 valence electrons. The third-order valence-electron chi connectivity index (χ3n) is 4.58. The molecule has 0 aromatic heterocycles. The topological polar surface area (TPSA) is 21.3 Å². The maximum absolute atomic E-state index is 13.6. The Balaban J connectivity index is 2.36. The number of hydrogen-bond acceptors (Lipinski definition) is 2. The Bertz CT molecular complexity index is 449. The van der Waals surface area contributed by atoms with E-state index in [-0.39, 0.29) is 17.5 Å². The molecule has 0 spiro atoms. The Labute approximate surface area is 128 Å². The average molecular weight is 293 g/mol. The van der Waals surface area contributed by atoms with Crippen LogP contribution in [0.3, 0.4) is 0 Å². The molecule has 3 heteroatoms. The minimum atomic E-state index is -0.146. The summed E-state index contributed by atoms with van der Waals surface area (Å²) < 4.78 is 19.8. The Morgan fingerprint density at radius 2 is 1.95 bits per heavy atom. The first kappa shape index (κ1) is 16.4. The van der Waals surface area contributed by atoms with Crippen LogP contribution in [0.5, 0.6) is 0 Å². The van der Waals surface area contributed by atoms with Crippen molar-refractivity contribution in [2.75, 3.05) is 13.2 Å². The molecule has 1 aromatic carbocycles. The zero-order valence-corrected chi connectivity index (χ0v) is 13.5. The Morgan fingerprint density at radius 3 is 2.52 bits per heavy atom. The van der Waals surface area contributed by atoms with Crippen LogP contribution in [0.4, 0.5) is 4.39 Å². The highest BCUT2D eigenvalue weighted by molar-refractivity contribution is 5.29. The van der Waals surface area contributed by atoms with Crippen molar-refractivity contribution in [1.29, 1.82) is 0 Å². The summed E-state index contributed by atoms with van der Waals surface area (Å²) in [5.74, 6) is -0.136. The number of aryl methyl sites for hydroxylation is 1. The molecule has 1 atom stereocenters. The molecule has 0 aliphatic heterocycles. The number of hydrogen-bond donors (Lipinski definition) is 1. The summed E-state index contributed by atoms with van der Waals surface area (Å²) >= 11 is 0. The summed E-state index contributed by atoms with van der Waals surface area (Å²) in [4.78, 5) is 0. The van der Waals surface area contributed by atoms with Gasteiger partial charge in [-0.15, -0.1) is 0 Å². The molecule has 0 amide bonds. The van der Waals surface area contributed by atoms with Crippen LogP contribution in [0.2, 0.25) is 0 Å². The standard InChI is InChI=1S/C18H28FNO/c1-4-20-17(15-9-10-16(19)14(3)13-15)18(21-5-2)11-7-6-8-12-18/h9-10,13,17,20H,4-8,11-12H2,1-3H3. The largest absolute Gasteiger partial charge is 0.373 e. The van der Waals surface area contributed by atoms with E-state index in [1.165, 1.54) is 19.3 Å². The Hall–Kier alpha value is -0.930. The van der Waals surface area contributed by atoms with Crippen molar-refractivity contribution in [2.24, 2.45) is 0 Å². The predicted molar refractivity (Wildman–Crippen MR) is 85.0 cm³/mol. The van der Waals surface area contributed by atoms with Gasteiger partial charge in [0.15, 0.2) is 0 Å². The first-order valence-electron chi connectivity index (χ1n) is 8.26. The van der Waals surface area contributed by atoms with Gasteiger partial charge < -0.3 is 10.1 Å². The molecule has 0 saturated heterocycles. The number of nitrogens with one attached hydrogen (secondary N) is 1. The Morgan fingerprint density at radius 1 is 1.24 bits per heavy atom. The summed E-state index contributed by atoms with van der Waals surface area (Å²) in [5, 5.41) is 3.59. The first-order valence-corrected chi connectivity index (χ1v) is 8.26. The molecule has 1 aliphatic rings. The molecule has 0 radical (unpaired) electrons. The minimum Gasteiger partial charge on any atom is -0.373 e. The lowest BCUT2D eigenvalue weighted by molar-refractivity contribution is -0.0910. The summed E-state index contributed by atoms with van der Waals surface area (Å²) in [6, 6.07) is 5.60. The second-order valence-electron chi connectivity index (χ2n) is 6.06. The van der Waals surface area contributed by atoms with Crippen LogP contribution in [0.25, 0.3) is 0 Å². The summed E-state index contributed by atoms with van der Waals surface area (Å²) in [6.45, 7) is 7.62. The fourth-order valence-electron chi connectivity index (χ4n) is 3.61. The summed E-state index contributed by atoms with van der Waals surface area (Å²) in [6.07, 6.45) is 5.87. The number of ether oxygens (including phenoxy) is 1. The van der Waals surface area contributed by atoms with E-state index >= 15 is 0 Å². The number of rotatable bonds is 6. The van der Waals surface area contributed by atoms with E-state index in [4.69, 9.17) is 4.74 Å². The Kier molecular flexibility index (Phi) is 5.77. The van der Waals surface area contributed by atoms with Crippen molar-refractivity contribution in [3.63, 3.8) is 0 Å². The number of benzene rings is 1. The van der Waals surface area contributed by atoms with Gasteiger partial charge in [-0.3, -0.25) is 0 Å². The van der Waals surface area contributed by atoms with Crippen molar-refractivity contribution in [2.45, 2.75) is 64.5 Å². The highest BCUT2D eigenvalue weighted by Gasteiger charge is 2.41. The van der Waals surface area contributed by atoms with Crippen LogP contribution in [0.15, 0.2) is 18.2 Å². The molecule has 1 saturated carbocycles. The molecule has 1 fully saturated rings. The van der Waals surface area contributed by atoms with E-state index < -0.39 is 0 Å². The van der Waals surface area contributed by atoms with Gasteiger partial charge in [0.05, 0.1) is 11.6 Å². The molecule has 2 nitrogen and oxygen atoms in total. The highest BCUT2D eigenvalue weighted by atomic mass is 19.1. The van der Waals surface area contributed by atoms with Crippen LogP contribution in [0, 0.1) is 12.7 Å². The lowest BCUT2D eigenvalue weighted by atomic mass is 9.76. The SMILES string of the molecule is CCNC(c1ccc(F)c(C)c1)C1(OCC)CCCCC1. The van der Waals surface area contributed by atoms with Gasteiger partial charge in [-0.05, 0) is 50.4 Å². The quantitative estimate of drug-likeness (QED) is 0.832. The van der Waals surface area contributed by atoms with E-state index in [0.29, 0.717) is 5.56 Å². The maximum Gasteiger partial charge on any atom is 0.126 e. The van der Waals surface area contributed by atoms with Gasteiger partial charge >= 0.3 is 0 Å². The smallest absolute Gasteiger partial charge is 0.126 e. The van der Waals surface area contributed by atoms with Crippen LogP contribution >= 0.6 is 0 Å². The molecule has 21 heavy (non-hydrogen) atoms. The number of likely N-dealkylation sites (N-methyl/N-ethyl adjacent to an activating group) is 1. The van der Waals surface area contributed by atoms with Gasteiger partial charge in [0, 0.05) is 6.61 Å². The lowest BCUT2D eigenvalue weighted by Crippen LogP contribution is -2.47. The second-order valence-corrected chi connectivity index (χ2v) is 6.06. The van der Waals surface area contributed by atoms with Gasteiger partial charge in [0.2, 0.25) is 0 Å². The van der Waals surface area contributed by atoms with Gasteiger partial charge in [0.1, 0.15) is 5.82 Å². The molecule has 0 bridgehead atoms. The molecule has 2 rings (SSSR count). The van der Waals surface area contributed by atoms with Crippen molar-refractivity contribution >= 4 is 0 Å². The van der Waals surface area contributed by atoms with Crippen molar-refractivity contribution in [1.82, 2.24) is 5.32 Å². The minimum absolute atomic E-state index is 0.136. The van der Waals surface area contributed by atoms with E-state index in [1.807, 2.05) is 19.1 Å². The van der Waals surface area contributed by atoms with Crippen LogP contribution in [-0.2, 0) is 4.74 Å². The maximum atomic E-state index is 13.6. The van der Waals surface area contributed by atoms with Crippen molar-refractivity contribution in [3.05, 3.63) is 35.1 Å². The highest BCUT2D eigenvalue weighted by Crippen LogP contribution is 2.41. The van der Waals surface area contributed by atoms with Crippen LogP contribution in [0.1, 0.15) is 63.1 Å².